The van der Waals surface area contributed by atoms with Gasteiger partial charge in [-0.25, -0.2) is 4.68 Å². The van der Waals surface area contributed by atoms with Crippen molar-refractivity contribution in [2.24, 2.45) is 0 Å². The average molecular weight is 256 g/mol. The van der Waals surface area contributed by atoms with Crippen molar-refractivity contribution in [1.82, 2.24) is 9.78 Å². The van der Waals surface area contributed by atoms with Gasteiger partial charge in [0, 0.05) is 18.3 Å². The number of rotatable bonds is 3. The van der Waals surface area contributed by atoms with Crippen molar-refractivity contribution in [3.63, 3.8) is 0 Å². The van der Waals surface area contributed by atoms with Gasteiger partial charge in [0.1, 0.15) is 5.82 Å². The summed E-state index contributed by atoms with van der Waals surface area (Å²) in [5.41, 5.74) is 9.02. The van der Waals surface area contributed by atoms with Crippen molar-refractivity contribution in [2.75, 3.05) is 17.6 Å². The molecule has 0 aliphatic carbocycles. The van der Waals surface area contributed by atoms with Crippen LogP contribution in [0.15, 0.2) is 30.3 Å². The van der Waals surface area contributed by atoms with Crippen molar-refractivity contribution in [3.8, 4) is 0 Å². The molecule has 2 heterocycles. The van der Waals surface area contributed by atoms with Gasteiger partial charge in [-0.2, -0.15) is 5.10 Å². The Labute approximate surface area is 113 Å². The molecule has 0 fully saturated rings. The Morgan fingerprint density at radius 2 is 2.16 bits per heavy atom. The van der Waals surface area contributed by atoms with Crippen LogP contribution in [0.5, 0.6) is 0 Å². The van der Waals surface area contributed by atoms with E-state index in [-0.39, 0.29) is 0 Å². The number of nitrogens with zero attached hydrogens (tertiary/aromatic N) is 2. The molecule has 0 saturated heterocycles. The van der Waals surface area contributed by atoms with E-state index < -0.39 is 0 Å². The fraction of sp³-hybridized carbons (Fsp3) is 0.400. The number of anilines is 2. The minimum absolute atomic E-state index is 0.322. The number of nitrogens with two attached hydrogens (primary N) is 1. The molecule has 1 aliphatic rings. The van der Waals surface area contributed by atoms with Crippen LogP contribution < -0.4 is 11.1 Å². The smallest absolute Gasteiger partial charge is 0.125 e. The van der Waals surface area contributed by atoms with Crippen molar-refractivity contribution < 1.29 is 0 Å². The summed E-state index contributed by atoms with van der Waals surface area (Å²) in [7, 11) is 0. The molecule has 3 N–H and O–H groups in total. The summed E-state index contributed by atoms with van der Waals surface area (Å²) in [6.07, 6.45) is 3.23. The molecular formula is C15H20N4. The highest BCUT2D eigenvalue weighted by Crippen LogP contribution is 2.30. The average Bonchev–Trinajstić information content (AvgIpc) is 2.82. The third-order valence-electron chi connectivity index (χ3n) is 3.63. The molecule has 0 radical (unpaired) electrons. The Morgan fingerprint density at radius 3 is 2.89 bits per heavy atom. The van der Waals surface area contributed by atoms with Crippen LogP contribution in [-0.2, 0) is 6.42 Å². The second kappa shape index (κ2) is 4.96. The second-order valence-corrected chi connectivity index (χ2v) is 5.11. The molecule has 0 saturated carbocycles. The van der Waals surface area contributed by atoms with E-state index in [1.54, 1.807) is 0 Å². The van der Waals surface area contributed by atoms with Crippen molar-refractivity contribution in [3.05, 3.63) is 41.6 Å². The third kappa shape index (κ3) is 2.30. The van der Waals surface area contributed by atoms with Gasteiger partial charge in [-0.05, 0) is 30.5 Å². The van der Waals surface area contributed by atoms with Gasteiger partial charge >= 0.3 is 0 Å². The fourth-order valence-electron chi connectivity index (χ4n) is 2.68. The van der Waals surface area contributed by atoms with E-state index in [1.165, 1.54) is 11.3 Å². The summed E-state index contributed by atoms with van der Waals surface area (Å²) in [5.74, 6) is 1.14. The molecule has 0 bridgehead atoms. The number of nitrogen functional groups attached to an aromatic ring is 1. The number of nitrogens with one attached hydrogen (secondary N) is 1. The number of aryl methyl sites for hydroxylation is 1. The van der Waals surface area contributed by atoms with E-state index in [4.69, 9.17) is 10.8 Å². The van der Waals surface area contributed by atoms with E-state index in [1.807, 2.05) is 12.1 Å². The molecule has 1 atom stereocenters. The topological polar surface area (TPSA) is 55.9 Å². The van der Waals surface area contributed by atoms with Gasteiger partial charge in [-0.15, -0.1) is 0 Å². The largest absolute Gasteiger partial charge is 0.399 e. The predicted molar refractivity (Wildman–Crippen MR) is 78.3 cm³/mol. The summed E-state index contributed by atoms with van der Waals surface area (Å²) >= 11 is 0. The summed E-state index contributed by atoms with van der Waals surface area (Å²) in [6, 6.07) is 10.6. The molecule has 19 heavy (non-hydrogen) atoms. The van der Waals surface area contributed by atoms with E-state index in [2.05, 4.69) is 35.1 Å². The van der Waals surface area contributed by atoms with Crippen LogP contribution in [0.3, 0.4) is 0 Å². The van der Waals surface area contributed by atoms with Crippen molar-refractivity contribution in [2.45, 2.75) is 32.2 Å². The van der Waals surface area contributed by atoms with Crippen LogP contribution >= 0.6 is 0 Å². The van der Waals surface area contributed by atoms with E-state index in [0.29, 0.717) is 6.04 Å². The molecule has 1 aromatic heterocycles. The number of hydrogen-bond donors (Lipinski definition) is 2. The molecule has 100 valence electrons. The van der Waals surface area contributed by atoms with Crippen LogP contribution in [0.4, 0.5) is 11.5 Å². The summed E-state index contributed by atoms with van der Waals surface area (Å²) < 4.78 is 2.13. The Balaban J connectivity index is 1.95. The van der Waals surface area contributed by atoms with Gasteiger partial charge in [0.2, 0.25) is 0 Å². The highest BCUT2D eigenvalue weighted by atomic mass is 15.4. The number of aromatic nitrogens is 2. The van der Waals surface area contributed by atoms with Crippen molar-refractivity contribution >= 4 is 11.5 Å². The van der Waals surface area contributed by atoms with Gasteiger partial charge in [0.25, 0.3) is 0 Å². The minimum Gasteiger partial charge on any atom is -0.399 e. The fourth-order valence-corrected chi connectivity index (χ4v) is 2.68. The Bertz CT molecular complexity index is 556. The highest BCUT2D eigenvalue weighted by molar-refractivity contribution is 5.44. The molecule has 4 heteroatoms. The molecule has 2 aromatic rings. The lowest BCUT2D eigenvalue weighted by Gasteiger charge is -2.26. The lowest BCUT2D eigenvalue weighted by Crippen LogP contribution is -2.24. The third-order valence-corrected chi connectivity index (χ3v) is 3.63. The van der Waals surface area contributed by atoms with Crippen LogP contribution in [0, 0.1) is 0 Å². The second-order valence-electron chi connectivity index (χ2n) is 5.11. The molecular weight excluding hydrogens is 236 g/mol. The molecule has 0 spiro atoms. The lowest BCUT2D eigenvalue weighted by molar-refractivity contribution is 0.478. The van der Waals surface area contributed by atoms with Crippen LogP contribution in [0.25, 0.3) is 0 Å². The standard InChI is InChI=1S/C15H20N4/c1-2-3-13-10-15-17-9-8-14(19(15)18-13)11-4-6-12(16)7-5-11/h4-7,10,14,17H,2-3,8-9,16H2,1H3. The van der Waals surface area contributed by atoms with Gasteiger partial charge in [-0.3, -0.25) is 0 Å². The maximum atomic E-state index is 5.76. The minimum atomic E-state index is 0.322. The van der Waals surface area contributed by atoms with Gasteiger partial charge in [0.05, 0.1) is 11.7 Å². The first-order chi connectivity index (χ1) is 9.28. The van der Waals surface area contributed by atoms with E-state index in [9.17, 15) is 0 Å². The maximum Gasteiger partial charge on any atom is 0.125 e. The Hall–Kier alpha value is -1.97. The highest BCUT2D eigenvalue weighted by Gasteiger charge is 2.22. The van der Waals surface area contributed by atoms with Crippen molar-refractivity contribution in [1.29, 1.82) is 0 Å². The summed E-state index contributed by atoms with van der Waals surface area (Å²) in [6.45, 7) is 3.18. The molecule has 1 aliphatic heterocycles. The van der Waals surface area contributed by atoms with Crippen LogP contribution in [0.2, 0.25) is 0 Å². The maximum absolute atomic E-state index is 5.76. The van der Waals surface area contributed by atoms with Gasteiger partial charge in [0.15, 0.2) is 0 Å². The first-order valence-corrected chi connectivity index (χ1v) is 6.95. The monoisotopic (exact) mass is 256 g/mol. The zero-order valence-corrected chi connectivity index (χ0v) is 11.3. The first kappa shape index (κ1) is 12.1. The molecule has 4 nitrogen and oxygen atoms in total. The Morgan fingerprint density at radius 1 is 1.37 bits per heavy atom. The van der Waals surface area contributed by atoms with E-state index in [0.717, 1.165) is 37.3 Å². The van der Waals surface area contributed by atoms with Gasteiger partial charge < -0.3 is 11.1 Å². The first-order valence-electron chi connectivity index (χ1n) is 6.95. The molecule has 1 unspecified atom stereocenters. The zero-order chi connectivity index (χ0) is 13.2. The van der Waals surface area contributed by atoms with Crippen LogP contribution in [0.1, 0.15) is 37.1 Å². The molecule has 0 amide bonds. The van der Waals surface area contributed by atoms with Gasteiger partial charge in [-0.1, -0.05) is 25.5 Å². The summed E-state index contributed by atoms with van der Waals surface area (Å²) in [4.78, 5) is 0. The Kier molecular flexibility index (Phi) is 3.15. The van der Waals surface area contributed by atoms with Crippen LogP contribution in [-0.4, -0.2) is 16.3 Å². The van der Waals surface area contributed by atoms with E-state index >= 15 is 0 Å². The number of benzene rings is 1. The number of fused-ring (bicyclic) bond motifs is 1. The summed E-state index contributed by atoms with van der Waals surface area (Å²) in [5, 5.41) is 8.17. The zero-order valence-electron chi connectivity index (χ0n) is 11.3. The molecule has 3 rings (SSSR count). The normalized spacial score (nSPS) is 17.8. The predicted octanol–water partition coefficient (Wildman–Crippen LogP) is 2.82. The number of hydrogen-bond acceptors (Lipinski definition) is 3. The lowest BCUT2D eigenvalue weighted by atomic mass is 10.0. The SMILES string of the molecule is CCCc1cc2n(n1)C(c1ccc(N)cc1)CCN2. The molecule has 1 aromatic carbocycles. The quantitative estimate of drug-likeness (QED) is 0.830.